The maximum absolute atomic E-state index is 11.8. The average Bonchev–Trinajstić information content (AvgIpc) is 2.96. The Kier molecular flexibility index (Phi) is 3.91. The van der Waals surface area contributed by atoms with Gasteiger partial charge >= 0.3 is 5.97 Å². The Morgan fingerprint density at radius 1 is 1.44 bits per heavy atom. The summed E-state index contributed by atoms with van der Waals surface area (Å²) in [6.07, 6.45) is 1.98. The van der Waals surface area contributed by atoms with Crippen LogP contribution in [0.3, 0.4) is 0 Å². The summed E-state index contributed by atoms with van der Waals surface area (Å²) in [6.45, 7) is 4.16. The number of carboxylic acid groups (broad SMARTS) is 1. The summed E-state index contributed by atoms with van der Waals surface area (Å²) in [6, 6.07) is -0.795. The first-order valence-electron chi connectivity index (χ1n) is 5.65. The van der Waals surface area contributed by atoms with Gasteiger partial charge < -0.3 is 16.2 Å². The molecule has 1 atom stereocenters. The van der Waals surface area contributed by atoms with Crippen molar-refractivity contribution in [2.24, 2.45) is 17.1 Å². The molecule has 1 saturated carbocycles. The molecule has 1 fully saturated rings. The van der Waals surface area contributed by atoms with Crippen molar-refractivity contribution < 1.29 is 14.7 Å². The summed E-state index contributed by atoms with van der Waals surface area (Å²) in [5.74, 6) is -0.952. The van der Waals surface area contributed by atoms with Crippen LogP contribution in [-0.2, 0) is 9.59 Å². The van der Waals surface area contributed by atoms with Crippen LogP contribution in [0.1, 0.15) is 33.1 Å². The molecule has 16 heavy (non-hydrogen) atoms. The Morgan fingerprint density at radius 3 is 2.31 bits per heavy atom. The summed E-state index contributed by atoms with van der Waals surface area (Å²) in [5, 5.41) is 11.6. The predicted octanol–water partition coefficient (Wildman–Crippen LogP) is 0.341. The Labute approximate surface area is 95.4 Å². The quantitative estimate of drug-likeness (QED) is 0.611. The zero-order valence-corrected chi connectivity index (χ0v) is 9.82. The first-order chi connectivity index (χ1) is 7.41. The van der Waals surface area contributed by atoms with Gasteiger partial charge in [0.2, 0.25) is 5.91 Å². The van der Waals surface area contributed by atoms with Gasteiger partial charge in [0.1, 0.15) is 6.04 Å². The normalized spacial score (nSPS) is 19.2. The summed E-state index contributed by atoms with van der Waals surface area (Å²) in [7, 11) is 0. The molecule has 5 nitrogen and oxygen atoms in total. The summed E-state index contributed by atoms with van der Waals surface area (Å²) >= 11 is 0. The second-order valence-corrected chi connectivity index (χ2v) is 4.98. The summed E-state index contributed by atoms with van der Waals surface area (Å²) < 4.78 is 0. The number of rotatable bonds is 6. The third kappa shape index (κ3) is 2.95. The van der Waals surface area contributed by atoms with Gasteiger partial charge in [-0.2, -0.15) is 0 Å². The van der Waals surface area contributed by atoms with Crippen molar-refractivity contribution in [1.82, 2.24) is 5.32 Å². The molecule has 0 unspecified atom stereocenters. The van der Waals surface area contributed by atoms with E-state index >= 15 is 0 Å². The maximum atomic E-state index is 11.8. The third-order valence-corrected chi connectivity index (χ3v) is 3.04. The zero-order chi connectivity index (χ0) is 12.3. The number of aliphatic carboxylic acids is 1. The van der Waals surface area contributed by atoms with E-state index < -0.39 is 17.4 Å². The van der Waals surface area contributed by atoms with Gasteiger partial charge in [-0.15, -0.1) is 0 Å². The van der Waals surface area contributed by atoms with Crippen molar-refractivity contribution in [3.05, 3.63) is 0 Å². The number of nitrogens with two attached hydrogens (primary N) is 1. The van der Waals surface area contributed by atoms with Gasteiger partial charge in [-0.05, 0) is 25.2 Å². The van der Waals surface area contributed by atoms with E-state index in [0.717, 1.165) is 12.8 Å². The van der Waals surface area contributed by atoms with Crippen LogP contribution in [-0.4, -0.2) is 29.6 Å². The van der Waals surface area contributed by atoms with E-state index in [-0.39, 0.29) is 11.8 Å². The van der Waals surface area contributed by atoms with Crippen molar-refractivity contribution in [2.45, 2.75) is 39.2 Å². The van der Waals surface area contributed by atoms with Gasteiger partial charge in [0.15, 0.2) is 0 Å². The molecule has 0 aromatic carbocycles. The van der Waals surface area contributed by atoms with Crippen molar-refractivity contribution >= 4 is 11.9 Å². The monoisotopic (exact) mass is 228 g/mol. The number of hydrogen-bond donors (Lipinski definition) is 3. The van der Waals surface area contributed by atoms with Crippen molar-refractivity contribution in [2.75, 3.05) is 6.54 Å². The minimum atomic E-state index is -0.977. The van der Waals surface area contributed by atoms with E-state index in [2.05, 4.69) is 5.32 Å². The molecule has 0 spiro atoms. The van der Waals surface area contributed by atoms with E-state index in [1.165, 1.54) is 0 Å². The minimum Gasteiger partial charge on any atom is -0.480 e. The molecule has 0 aromatic rings. The summed E-state index contributed by atoms with van der Waals surface area (Å²) in [5.41, 5.74) is 5.03. The lowest BCUT2D eigenvalue weighted by Gasteiger charge is -2.19. The maximum Gasteiger partial charge on any atom is 0.326 e. The third-order valence-electron chi connectivity index (χ3n) is 3.04. The van der Waals surface area contributed by atoms with Crippen molar-refractivity contribution in [3.8, 4) is 0 Å². The largest absolute Gasteiger partial charge is 0.480 e. The van der Waals surface area contributed by atoms with Crippen molar-refractivity contribution in [3.63, 3.8) is 0 Å². The van der Waals surface area contributed by atoms with Gasteiger partial charge in [-0.3, -0.25) is 4.79 Å². The highest BCUT2D eigenvalue weighted by Crippen LogP contribution is 2.44. The van der Waals surface area contributed by atoms with Gasteiger partial charge in [-0.1, -0.05) is 13.8 Å². The van der Waals surface area contributed by atoms with Crippen LogP contribution in [0.2, 0.25) is 0 Å². The number of carboxylic acids is 1. The van der Waals surface area contributed by atoms with Crippen LogP contribution in [0.4, 0.5) is 0 Å². The Bertz CT molecular complexity index is 285. The van der Waals surface area contributed by atoms with E-state index in [9.17, 15) is 9.59 Å². The summed E-state index contributed by atoms with van der Waals surface area (Å²) in [4.78, 5) is 22.8. The topological polar surface area (TPSA) is 92.4 Å². The van der Waals surface area contributed by atoms with E-state index in [4.69, 9.17) is 10.8 Å². The lowest BCUT2D eigenvalue weighted by molar-refractivity contribution is -0.143. The number of nitrogens with one attached hydrogen (secondary N) is 1. The highest BCUT2D eigenvalue weighted by Gasteiger charge is 2.49. The molecule has 1 aliphatic carbocycles. The second-order valence-electron chi connectivity index (χ2n) is 4.98. The molecule has 0 aliphatic heterocycles. The van der Waals surface area contributed by atoms with Crippen LogP contribution in [0.5, 0.6) is 0 Å². The Hall–Kier alpha value is -1.10. The minimum absolute atomic E-state index is 0.206. The van der Waals surface area contributed by atoms with Gasteiger partial charge in [0.25, 0.3) is 0 Å². The van der Waals surface area contributed by atoms with E-state index in [0.29, 0.717) is 13.0 Å². The number of amides is 1. The smallest absolute Gasteiger partial charge is 0.326 e. The first kappa shape index (κ1) is 13.0. The molecule has 0 saturated heterocycles. The number of hydrogen-bond acceptors (Lipinski definition) is 3. The predicted molar refractivity (Wildman–Crippen MR) is 59.7 cm³/mol. The highest BCUT2D eigenvalue weighted by molar-refractivity contribution is 5.89. The van der Waals surface area contributed by atoms with Crippen LogP contribution < -0.4 is 11.1 Å². The van der Waals surface area contributed by atoms with Crippen LogP contribution in [0.25, 0.3) is 0 Å². The molecule has 0 bridgehead atoms. The fraction of sp³-hybridized carbons (Fsp3) is 0.818. The fourth-order valence-electron chi connectivity index (χ4n) is 1.68. The molecule has 1 amide bonds. The molecule has 0 heterocycles. The molecule has 0 aromatic heterocycles. The van der Waals surface area contributed by atoms with Gasteiger partial charge in [0, 0.05) is 6.54 Å². The molecule has 5 heteroatoms. The average molecular weight is 228 g/mol. The number of carbonyl (C=O) groups excluding carboxylic acids is 1. The molecule has 1 aliphatic rings. The lowest BCUT2D eigenvalue weighted by atomic mass is 10.0. The molecule has 1 rings (SSSR count). The lowest BCUT2D eigenvalue weighted by Crippen LogP contribution is -2.46. The van der Waals surface area contributed by atoms with Crippen molar-refractivity contribution in [1.29, 1.82) is 0 Å². The van der Waals surface area contributed by atoms with Crippen LogP contribution >= 0.6 is 0 Å². The molecule has 92 valence electrons. The SMILES string of the molecule is CC(C)C[C@@H](NC(=O)C1(CN)CC1)C(=O)O. The van der Waals surface area contributed by atoms with E-state index in [1.54, 1.807) is 0 Å². The molecule has 0 radical (unpaired) electrons. The number of carbonyl (C=O) groups is 2. The zero-order valence-electron chi connectivity index (χ0n) is 9.82. The second kappa shape index (κ2) is 4.82. The van der Waals surface area contributed by atoms with E-state index in [1.807, 2.05) is 13.8 Å². The Morgan fingerprint density at radius 2 is 2.00 bits per heavy atom. The molecular formula is C11H20N2O3. The van der Waals surface area contributed by atoms with Gasteiger partial charge in [0.05, 0.1) is 5.41 Å². The first-order valence-corrected chi connectivity index (χ1v) is 5.65. The molecule has 4 N–H and O–H groups in total. The van der Waals surface area contributed by atoms with Crippen LogP contribution in [0, 0.1) is 11.3 Å². The standard InChI is InChI=1S/C11H20N2O3/c1-7(2)5-8(9(14)15)13-10(16)11(6-12)3-4-11/h7-8H,3-6,12H2,1-2H3,(H,13,16)(H,14,15)/t8-/m1/s1. The fourth-order valence-corrected chi connectivity index (χ4v) is 1.68. The van der Waals surface area contributed by atoms with Crippen LogP contribution in [0.15, 0.2) is 0 Å². The van der Waals surface area contributed by atoms with Gasteiger partial charge in [-0.25, -0.2) is 4.79 Å². The highest BCUT2D eigenvalue weighted by atomic mass is 16.4. The Balaban J connectivity index is 2.55. The molecular weight excluding hydrogens is 208 g/mol.